The Balaban J connectivity index is 1.74. The maximum atomic E-state index is 13.8. The molecule has 1 fully saturated rings. The number of hydrogen-bond donors (Lipinski definition) is 0. The minimum Gasteiger partial charge on any atom is -0.466 e. The van der Waals surface area contributed by atoms with Crippen molar-refractivity contribution in [3.05, 3.63) is 71.8 Å². The Morgan fingerprint density at radius 1 is 1.22 bits per heavy atom. The van der Waals surface area contributed by atoms with Crippen molar-refractivity contribution < 1.29 is 23.4 Å². The van der Waals surface area contributed by atoms with E-state index in [1.807, 2.05) is 44.2 Å². The van der Waals surface area contributed by atoms with Crippen LogP contribution in [0.15, 0.2) is 54.7 Å². The molecule has 0 aliphatic carbocycles. The van der Waals surface area contributed by atoms with Gasteiger partial charge in [-0.2, -0.15) is 5.10 Å². The number of rotatable bonds is 8. The second-order valence-corrected chi connectivity index (χ2v) is 9.81. The molecule has 0 N–H and O–H groups in total. The minimum atomic E-state index is -0.858. The highest BCUT2D eigenvalue weighted by molar-refractivity contribution is 5.76. The molecule has 37 heavy (non-hydrogen) atoms. The van der Waals surface area contributed by atoms with Crippen LogP contribution in [0.4, 0.5) is 4.39 Å². The Morgan fingerprint density at radius 3 is 2.62 bits per heavy atom. The third-order valence-corrected chi connectivity index (χ3v) is 6.04. The molecule has 196 valence electrons. The van der Waals surface area contributed by atoms with E-state index >= 15 is 0 Å². The summed E-state index contributed by atoms with van der Waals surface area (Å²) < 4.78 is 32.9. The van der Waals surface area contributed by atoms with E-state index in [0.717, 1.165) is 22.5 Å². The highest BCUT2D eigenvalue weighted by Gasteiger charge is 2.36. The topological polar surface area (TPSA) is 75.5 Å². The van der Waals surface area contributed by atoms with Crippen LogP contribution in [-0.2, 0) is 19.0 Å². The smallest absolute Gasteiger partial charge is 0.308 e. The lowest BCUT2D eigenvalue weighted by atomic mass is 9.98. The van der Waals surface area contributed by atoms with Gasteiger partial charge in [-0.3, -0.25) is 4.79 Å². The zero-order valence-electron chi connectivity index (χ0n) is 22.0. The number of carbonyl (C=O) groups is 1. The average molecular weight is 508 g/mol. The van der Waals surface area contributed by atoms with E-state index in [0.29, 0.717) is 18.8 Å². The van der Waals surface area contributed by atoms with Crippen molar-refractivity contribution in [2.45, 2.75) is 71.4 Å². The lowest BCUT2D eigenvalue weighted by Crippen LogP contribution is -2.44. The van der Waals surface area contributed by atoms with Crippen molar-refractivity contribution >= 4 is 12.0 Å². The molecule has 2 aromatic heterocycles. The number of nitrogens with zero attached hydrogens (tertiary/aromatic N) is 3. The summed E-state index contributed by atoms with van der Waals surface area (Å²) in [6.45, 7) is 9.97. The summed E-state index contributed by atoms with van der Waals surface area (Å²) in [5, 5.41) is 4.93. The molecule has 0 spiro atoms. The Kier molecular flexibility index (Phi) is 8.19. The van der Waals surface area contributed by atoms with Gasteiger partial charge < -0.3 is 14.2 Å². The molecule has 0 bridgehead atoms. The van der Waals surface area contributed by atoms with Crippen LogP contribution in [0.25, 0.3) is 23.2 Å². The number of benzene rings is 1. The van der Waals surface area contributed by atoms with Crippen LogP contribution in [0.1, 0.15) is 64.6 Å². The van der Waals surface area contributed by atoms with Crippen LogP contribution < -0.4 is 0 Å². The first kappa shape index (κ1) is 26.7. The minimum absolute atomic E-state index is 0.118. The summed E-state index contributed by atoms with van der Waals surface area (Å²) in [6.07, 6.45) is 5.78. The zero-order valence-corrected chi connectivity index (χ0v) is 22.0. The fourth-order valence-electron chi connectivity index (χ4n) is 4.57. The van der Waals surface area contributed by atoms with Gasteiger partial charge in [-0.05, 0) is 63.1 Å². The van der Waals surface area contributed by atoms with Crippen molar-refractivity contribution in [2.75, 3.05) is 6.61 Å². The highest BCUT2D eigenvalue weighted by Crippen LogP contribution is 2.35. The Morgan fingerprint density at radius 2 is 1.97 bits per heavy atom. The van der Waals surface area contributed by atoms with Gasteiger partial charge >= 0.3 is 5.97 Å². The normalized spacial score (nSPS) is 19.4. The number of carbonyl (C=O) groups excluding carboxylic acids is 1. The molecule has 1 saturated heterocycles. The molecule has 2 atom stereocenters. The number of pyridine rings is 1. The molecule has 1 aliphatic rings. The summed E-state index contributed by atoms with van der Waals surface area (Å²) in [7, 11) is 0. The average Bonchev–Trinajstić information content (AvgIpc) is 3.23. The standard InChI is InChI=1S/C29H34FN3O4/c1-6-35-26(34)18-23-17-22(36-29(4,5)37-23)14-15-24-27(19(2)3)32-33(25-9-7-8-16-31-25)28(24)20-10-12-21(30)13-11-20/h7-16,19,22-23H,6,17-18H2,1-5H3/b15-14+. The number of esters is 1. The summed E-state index contributed by atoms with van der Waals surface area (Å²) in [5.41, 5.74) is 3.42. The number of halogens is 1. The van der Waals surface area contributed by atoms with Crippen molar-refractivity contribution in [1.29, 1.82) is 0 Å². The van der Waals surface area contributed by atoms with Gasteiger partial charge in [0.25, 0.3) is 0 Å². The molecular formula is C29H34FN3O4. The van der Waals surface area contributed by atoms with E-state index in [2.05, 4.69) is 18.8 Å². The molecule has 0 radical (unpaired) electrons. The van der Waals surface area contributed by atoms with Gasteiger partial charge in [-0.15, -0.1) is 0 Å². The van der Waals surface area contributed by atoms with Gasteiger partial charge in [0, 0.05) is 23.7 Å². The van der Waals surface area contributed by atoms with E-state index in [1.54, 1.807) is 29.9 Å². The number of aromatic nitrogens is 3. The van der Waals surface area contributed by atoms with Gasteiger partial charge in [0.1, 0.15) is 5.82 Å². The molecule has 3 heterocycles. The molecule has 1 aromatic carbocycles. The SMILES string of the molecule is CCOC(=O)CC1CC(/C=C/c2c(C(C)C)nn(-c3ccccn3)c2-c2ccc(F)cc2)OC(C)(C)O1. The Labute approximate surface area is 217 Å². The zero-order chi connectivity index (χ0) is 26.6. The van der Waals surface area contributed by atoms with Crippen LogP contribution >= 0.6 is 0 Å². The summed E-state index contributed by atoms with van der Waals surface area (Å²) in [5.74, 6) is -0.665. The lowest BCUT2D eigenvalue weighted by molar-refractivity contribution is -0.290. The molecule has 0 amide bonds. The second kappa shape index (κ2) is 11.4. The number of hydrogen-bond acceptors (Lipinski definition) is 6. The summed E-state index contributed by atoms with van der Waals surface area (Å²) >= 11 is 0. The first-order valence-corrected chi connectivity index (χ1v) is 12.7. The lowest BCUT2D eigenvalue weighted by Gasteiger charge is -2.39. The van der Waals surface area contributed by atoms with Gasteiger partial charge in [0.2, 0.25) is 0 Å². The van der Waals surface area contributed by atoms with Gasteiger partial charge in [-0.25, -0.2) is 14.1 Å². The fourth-order valence-corrected chi connectivity index (χ4v) is 4.57. The van der Waals surface area contributed by atoms with Gasteiger partial charge in [0.15, 0.2) is 11.6 Å². The predicted molar refractivity (Wildman–Crippen MR) is 140 cm³/mol. The van der Waals surface area contributed by atoms with E-state index in [1.165, 1.54) is 12.1 Å². The first-order valence-electron chi connectivity index (χ1n) is 12.7. The molecule has 8 heteroatoms. The molecule has 0 saturated carbocycles. The van der Waals surface area contributed by atoms with Crippen LogP contribution in [0, 0.1) is 5.82 Å². The third-order valence-electron chi connectivity index (χ3n) is 6.04. The van der Waals surface area contributed by atoms with Gasteiger partial charge in [-0.1, -0.05) is 32.1 Å². The van der Waals surface area contributed by atoms with Crippen molar-refractivity contribution in [2.24, 2.45) is 0 Å². The monoisotopic (exact) mass is 507 g/mol. The van der Waals surface area contributed by atoms with E-state index in [-0.39, 0.29) is 36.3 Å². The Bertz CT molecular complexity index is 1240. The van der Waals surface area contributed by atoms with Crippen molar-refractivity contribution in [3.63, 3.8) is 0 Å². The van der Waals surface area contributed by atoms with E-state index in [4.69, 9.17) is 19.3 Å². The van der Waals surface area contributed by atoms with Crippen LogP contribution in [0.2, 0.25) is 0 Å². The second-order valence-electron chi connectivity index (χ2n) is 9.81. The van der Waals surface area contributed by atoms with Crippen LogP contribution in [-0.4, -0.2) is 45.3 Å². The van der Waals surface area contributed by atoms with Crippen molar-refractivity contribution in [3.8, 4) is 17.1 Å². The molecule has 3 aromatic rings. The Hall–Kier alpha value is -3.36. The van der Waals surface area contributed by atoms with Crippen LogP contribution in [0.5, 0.6) is 0 Å². The van der Waals surface area contributed by atoms with Gasteiger partial charge in [0.05, 0.1) is 36.6 Å². The molecule has 4 rings (SSSR count). The fraction of sp³-hybridized carbons (Fsp3) is 0.414. The molecule has 7 nitrogen and oxygen atoms in total. The first-order chi connectivity index (χ1) is 17.7. The highest BCUT2D eigenvalue weighted by atomic mass is 19.1. The van der Waals surface area contributed by atoms with Crippen molar-refractivity contribution in [1.82, 2.24) is 14.8 Å². The van der Waals surface area contributed by atoms with E-state index in [9.17, 15) is 9.18 Å². The molecule has 2 unspecified atom stereocenters. The largest absolute Gasteiger partial charge is 0.466 e. The quantitative estimate of drug-likeness (QED) is 0.344. The number of ether oxygens (including phenoxy) is 3. The maximum Gasteiger partial charge on any atom is 0.308 e. The van der Waals surface area contributed by atoms with E-state index < -0.39 is 5.79 Å². The maximum absolute atomic E-state index is 13.8. The summed E-state index contributed by atoms with van der Waals surface area (Å²) in [6, 6.07) is 12.0. The van der Waals surface area contributed by atoms with Crippen LogP contribution in [0.3, 0.4) is 0 Å². The molecule has 1 aliphatic heterocycles. The molecular weight excluding hydrogens is 473 g/mol. The third kappa shape index (κ3) is 6.50. The summed E-state index contributed by atoms with van der Waals surface area (Å²) in [4.78, 5) is 16.6. The predicted octanol–water partition coefficient (Wildman–Crippen LogP) is 6.07.